The Hall–Kier alpha value is -1.02. The summed E-state index contributed by atoms with van der Waals surface area (Å²) in [7, 11) is 3.59. The smallest absolute Gasteiger partial charge is 0.191 e. The summed E-state index contributed by atoms with van der Waals surface area (Å²) in [6.07, 6.45) is 7.06. The van der Waals surface area contributed by atoms with Crippen LogP contribution in [0.5, 0.6) is 5.75 Å². The zero-order chi connectivity index (χ0) is 18.7. The molecule has 1 aromatic carbocycles. The maximum Gasteiger partial charge on any atom is 0.191 e. The maximum atomic E-state index is 5.64. The van der Waals surface area contributed by atoms with Gasteiger partial charge in [-0.15, -0.1) is 24.0 Å². The summed E-state index contributed by atoms with van der Waals surface area (Å²) < 4.78 is 11.0. The van der Waals surface area contributed by atoms with Crippen molar-refractivity contribution >= 4 is 29.9 Å². The molecule has 2 N–H and O–H groups in total. The van der Waals surface area contributed by atoms with Gasteiger partial charge in [0, 0.05) is 44.3 Å². The highest BCUT2D eigenvalue weighted by Gasteiger charge is 2.37. The monoisotopic (exact) mass is 489 g/mol. The first-order valence-corrected chi connectivity index (χ1v) is 9.91. The van der Waals surface area contributed by atoms with E-state index < -0.39 is 0 Å². The fraction of sp³-hybridized carbons (Fsp3) is 0.667. The standard InChI is InChI=1S/C21H35N3O2.HI/c1-4-26-16-10-9-15-23-20(22-2)24-17-21(13-7-8-14-21)18-11-5-6-12-19(18)25-3;/h5-6,11-12H,4,7-10,13-17H2,1-3H3,(H2,22,23,24);1H. The summed E-state index contributed by atoms with van der Waals surface area (Å²) in [5.74, 6) is 1.87. The van der Waals surface area contributed by atoms with E-state index in [0.29, 0.717) is 0 Å². The van der Waals surface area contributed by atoms with E-state index in [-0.39, 0.29) is 29.4 Å². The number of para-hydroxylation sites is 1. The van der Waals surface area contributed by atoms with Crippen LogP contribution in [0.2, 0.25) is 0 Å². The number of unbranched alkanes of at least 4 members (excludes halogenated alkanes) is 1. The van der Waals surface area contributed by atoms with Crippen molar-refractivity contribution in [3.63, 3.8) is 0 Å². The predicted octanol–water partition coefficient (Wildman–Crippen LogP) is 4.11. The molecule has 1 fully saturated rings. The van der Waals surface area contributed by atoms with Crippen molar-refractivity contribution in [1.82, 2.24) is 10.6 Å². The first kappa shape index (κ1) is 24.0. The largest absolute Gasteiger partial charge is 0.496 e. The van der Waals surface area contributed by atoms with Crippen LogP contribution < -0.4 is 15.4 Å². The molecule has 0 aromatic heterocycles. The average Bonchev–Trinajstić information content (AvgIpc) is 3.17. The fourth-order valence-electron chi connectivity index (χ4n) is 3.83. The molecule has 0 radical (unpaired) electrons. The Morgan fingerprint density at radius 2 is 1.89 bits per heavy atom. The zero-order valence-electron chi connectivity index (χ0n) is 17.1. The maximum absolute atomic E-state index is 5.64. The van der Waals surface area contributed by atoms with Gasteiger partial charge < -0.3 is 20.1 Å². The van der Waals surface area contributed by atoms with Crippen molar-refractivity contribution in [3.05, 3.63) is 29.8 Å². The van der Waals surface area contributed by atoms with Crippen molar-refractivity contribution in [2.75, 3.05) is 40.5 Å². The third kappa shape index (κ3) is 7.14. The summed E-state index contributed by atoms with van der Waals surface area (Å²) in [6.45, 7) is 5.45. The number of guanidine groups is 1. The van der Waals surface area contributed by atoms with Crippen LogP contribution >= 0.6 is 24.0 Å². The minimum Gasteiger partial charge on any atom is -0.496 e. The van der Waals surface area contributed by atoms with Crippen molar-refractivity contribution in [2.45, 2.75) is 50.9 Å². The number of halogens is 1. The third-order valence-corrected chi connectivity index (χ3v) is 5.27. The molecule has 2 rings (SSSR count). The highest BCUT2D eigenvalue weighted by molar-refractivity contribution is 14.0. The van der Waals surface area contributed by atoms with E-state index in [1.807, 2.05) is 20.0 Å². The fourth-order valence-corrected chi connectivity index (χ4v) is 3.83. The Balaban J connectivity index is 0.00000364. The average molecular weight is 489 g/mol. The van der Waals surface area contributed by atoms with E-state index in [1.54, 1.807) is 7.11 Å². The summed E-state index contributed by atoms with van der Waals surface area (Å²) in [5, 5.41) is 6.98. The zero-order valence-corrected chi connectivity index (χ0v) is 19.4. The van der Waals surface area contributed by atoms with Crippen molar-refractivity contribution in [2.24, 2.45) is 4.99 Å². The lowest BCUT2D eigenvalue weighted by molar-refractivity contribution is 0.143. The summed E-state index contributed by atoms with van der Waals surface area (Å²) in [6, 6.07) is 8.45. The lowest BCUT2D eigenvalue weighted by Crippen LogP contribution is -2.45. The first-order chi connectivity index (χ1) is 12.8. The Morgan fingerprint density at radius 3 is 2.56 bits per heavy atom. The molecule has 6 heteroatoms. The second-order valence-electron chi connectivity index (χ2n) is 6.94. The van der Waals surface area contributed by atoms with Crippen LogP contribution in [0.4, 0.5) is 0 Å². The van der Waals surface area contributed by atoms with Gasteiger partial charge in [-0.25, -0.2) is 0 Å². The third-order valence-electron chi connectivity index (χ3n) is 5.27. The summed E-state index contributed by atoms with van der Waals surface area (Å²) in [4.78, 5) is 4.38. The molecule has 0 aliphatic heterocycles. The highest BCUT2D eigenvalue weighted by Crippen LogP contribution is 2.44. The highest BCUT2D eigenvalue weighted by atomic mass is 127. The van der Waals surface area contributed by atoms with Gasteiger partial charge in [-0.05, 0) is 38.7 Å². The van der Waals surface area contributed by atoms with Gasteiger partial charge in [-0.1, -0.05) is 31.0 Å². The molecule has 0 unspecified atom stereocenters. The lowest BCUT2D eigenvalue weighted by Gasteiger charge is -2.32. The molecule has 0 spiro atoms. The molecule has 5 nitrogen and oxygen atoms in total. The van der Waals surface area contributed by atoms with Crippen LogP contribution in [0.15, 0.2) is 29.3 Å². The Labute approximate surface area is 181 Å². The normalized spacial score (nSPS) is 15.9. The number of benzene rings is 1. The quantitative estimate of drug-likeness (QED) is 0.225. The van der Waals surface area contributed by atoms with Gasteiger partial charge in [0.05, 0.1) is 7.11 Å². The number of aliphatic imine (C=N–C) groups is 1. The topological polar surface area (TPSA) is 54.9 Å². The van der Waals surface area contributed by atoms with Crippen LogP contribution in [0.25, 0.3) is 0 Å². The van der Waals surface area contributed by atoms with Gasteiger partial charge in [0.15, 0.2) is 5.96 Å². The van der Waals surface area contributed by atoms with Crippen molar-refractivity contribution in [1.29, 1.82) is 0 Å². The minimum absolute atomic E-state index is 0. The molecule has 27 heavy (non-hydrogen) atoms. The van der Waals surface area contributed by atoms with E-state index in [4.69, 9.17) is 9.47 Å². The first-order valence-electron chi connectivity index (χ1n) is 9.91. The van der Waals surface area contributed by atoms with Crippen LogP contribution in [-0.4, -0.2) is 46.4 Å². The molecule has 0 bridgehead atoms. The van der Waals surface area contributed by atoms with Gasteiger partial charge >= 0.3 is 0 Å². The molecule has 1 aromatic rings. The second kappa shape index (κ2) is 13.2. The molecule has 154 valence electrons. The van der Waals surface area contributed by atoms with Gasteiger partial charge in [0.2, 0.25) is 0 Å². The number of nitrogens with zero attached hydrogens (tertiary/aromatic N) is 1. The van der Waals surface area contributed by atoms with Crippen molar-refractivity contribution < 1.29 is 9.47 Å². The number of hydrogen-bond acceptors (Lipinski definition) is 3. The van der Waals surface area contributed by atoms with Crippen molar-refractivity contribution in [3.8, 4) is 5.75 Å². The van der Waals surface area contributed by atoms with Crippen LogP contribution in [0, 0.1) is 0 Å². The number of rotatable bonds is 10. The summed E-state index contributed by atoms with van der Waals surface area (Å²) >= 11 is 0. The van der Waals surface area contributed by atoms with E-state index in [1.165, 1.54) is 31.2 Å². The molecule has 0 amide bonds. The van der Waals surface area contributed by atoms with Crippen LogP contribution in [0.3, 0.4) is 0 Å². The van der Waals surface area contributed by atoms with E-state index in [0.717, 1.165) is 50.9 Å². The van der Waals surface area contributed by atoms with Crippen LogP contribution in [-0.2, 0) is 10.2 Å². The van der Waals surface area contributed by atoms with Gasteiger partial charge in [0.1, 0.15) is 5.75 Å². The second-order valence-corrected chi connectivity index (χ2v) is 6.94. The van der Waals surface area contributed by atoms with Gasteiger partial charge in [-0.3, -0.25) is 4.99 Å². The van der Waals surface area contributed by atoms with E-state index >= 15 is 0 Å². The Morgan fingerprint density at radius 1 is 1.15 bits per heavy atom. The van der Waals surface area contributed by atoms with Gasteiger partial charge in [-0.2, -0.15) is 0 Å². The predicted molar refractivity (Wildman–Crippen MR) is 124 cm³/mol. The SMILES string of the molecule is CCOCCCCNC(=NC)NCC1(c2ccccc2OC)CCCC1.I. The number of ether oxygens (including phenoxy) is 2. The molecule has 0 heterocycles. The molecule has 0 atom stereocenters. The number of methoxy groups -OCH3 is 1. The van der Waals surface area contributed by atoms with Gasteiger partial charge in [0.25, 0.3) is 0 Å². The Kier molecular flexibility index (Phi) is 11.7. The molecule has 1 aliphatic rings. The molecule has 1 saturated carbocycles. The Bertz CT molecular complexity index is 560. The molecular formula is C21H36IN3O2. The summed E-state index contributed by atoms with van der Waals surface area (Å²) in [5.41, 5.74) is 1.44. The van der Waals surface area contributed by atoms with E-state index in [9.17, 15) is 0 Å². The lowest BCUT2D eigenvalue weighted by atomic mass is 9.78. The van der Waals surface area contributed by atoms with Crippen LogP contribution in [0.1, 0.15) is 51.0 Å². The molecule has 1 aliphatic carbocycles. The molecular weight excluding hydrogens is 453 g/mol. The molecule has 0 saturated heterocycles. The minimum atomic E-state index is 0. The number of nitrogens with one attached hydrogen (secondary N) is 2. The van der Waals surface area contributed by atoms with E-state index in [2.05, 4.69) is 33.8 Å². The number of hydrogen-bond donors (Lipinski definition) is 2.